The molecule has 1 amide bonds. The lowest BCUT2D eigenvalue weighted by Gasteiger charge is -2.17. The molecule has 0 spiro atoms. The van der Waals surface area contributed by atoms with Gasteiger partial charge in [-0.25, -0.2) is 9.97 Å². The van der Waals surface area contributed by atoms with Crippen LogP contribution in [0.15, 0.2) is 60.9 Å². The van der Waals surface area contributed by atoms with E-state index in [9.17, 15) is 4.79 Å². The maximum absolute atomic E-state index is 12.6. The van der Waals surface area contributed by atoms with Crippen molar-refractivity contribution in [3.8, 4) is 0 Å². The molecule has 0 aliphatic carbocycles. The molecule has 5 heteroatoms. The Morgan fingerprint density at radius 3 is 2.52 bits per heavy atom. The van der Waals surface area contributed by atoms with Crippen molar-refractivity contribution in [3.63, 3.8) is 0 Å². The Balaban J connectivity index is 1.52. The standard InChI is InChI=1S/C22H22N4O/c1-15(2)18-8-4-5-9-19(18)25-21(27)17-13-23-22(24-14-17)26-12-11-16-7-3-6-10-20(16)26/h3-10,13-15H,11-12H2,1-2H3,(H,25,27). The van der Waals surface area contributed by atoms with Crippen molar-refractivity contribution < 1.29 is 4.79 Å². The first-order valence-corrected chi connectivity index (χ1v) is 9.21. The van der Waals surface area contributed by atoms with Crippen LogP contribution in [-0.2, 0) is 6.42 Å². The number of nitrogens with zero attached hydrogens (tertiary/aromatic N) is 3. The number of para-hydroxylation sites is 2. The zero-order chi connectivity index (χ0) is 18.8. The summed E-state index contributed by atoms with van der Waals surface area (Å²) in [6.45, 7) is 5.07. The van der Waals surface area contributed by atoms with Crippen LogP contribution in [0.1, 0.15) is 41.3 Å². The summed E-state index contributed by atoms with van der Waals surface area (Å²) in [5, 5.41) is 2.98. The summed E-state index contributed by atoms with van der Waals surface area (Å²) in [4.78, 5) is 23.6. The first kappa shape index (κ1) is 17.2. The topological polar surface area (TPSA) is 58.1 Å². The number of amides is 1. The number of hydrogen-bond acceptors (Lipinski definition) is 4. The van der Waals surface area contributed by atoms with E-state index in [-0.39, 0.29) is 5.91 Å². The van der Waals surface area contributed by atoms with Gasteiger partial charge in [-0.15, -0.1) is 0 Å². The van der Waals surface area contributed by atoms with Gasteiger partial charge < -0.3 is 10.2 Å². The van der Waals surface area contributed by atoms with Crippen molar-refractivity contribution in [3.05, 3.63) is 77.6 Å². The number of carbonyl (C=O) groups excluding carboxylic acids is 1. The van der Waals surface area contributed by atoms with Crippen LogP contribution < -0.4 is 10.2 Å². The van der Waals surface area contributed by atoms with E-state index in [0.29, 0.717) is 17.4 Å². The third-order valence-electron chi connectivity index (χ3n) is 4.86. The third-order valence-corrected chi connectivity index (χ3v) is 4.86. The highest BCUT2D eigenvalue weighted by molar-refractivity contribution is 6.04. The van der Waals surface area contributed by atoms with E-state index in [1.54, 1.807) is 12.4 Å². The van der Waals surface area contributed by atoms with E-state index >= 15 is 0 Å². The lowest BCUT2D eigenvalue weighted by atomic mass is 10.0. The maximum atomic E-state index is 12.6. The monoisotopic (exact) mass is 358 g/mol. The molecule has 1 aliphatic rings. The molecule has 0 unspecified atom stereocenters. The van der Waals surface area contributed by atoms with E-state index in [4.69, 9.17) is 0 Å². The summed E-state index contributed by atoms with van der Waals surface area (Å²) >= 11 is 0. The largest absolute Gasteiger partial charge is 0.322 e. The summed E-state index contributed by atoms with van der Waals surface area (Å²) in [5.41, 5.74) is 4.82. The van der Waals surface area contributed by atoms with Crippen molar-refractivity contribution in [1.29, 1.82) is 0 Å². The Kier molecular flexibility index (Phi) is 4.59. The normalized spacial score (nSPS) is 12.9. The SMILES string of the molecule is CC(C)c1ccccc1NC(=O)c1cnc(N2CCc3ccccc32)nc1. The molecular formula is C22H22N4O. The van der Waals surface area contributed by atoms with Crippen LogP contribution in [0.5, 0.6) is 0 Å². The molecule has 0 fully saturated rings. The van der Waals surface area contributed by atoms with E-state index in [1.807, 2.05) is 36.4 Å². The first-order chi connectivity index (χ1) is 13.1. The molecule has 1 N–H and O–H groups in total. The van der Waals surface area contributed by atoms with Gasteiger partial charge >= 0.3 is 0 Å². The number of nitrogens with one attached hydrogen (secondary N) is 1. The molecule has 0 bridgehead atoms. The molecule has 1 aromatic heterocycles. The molecule has 2 heterocycles. The fraction of sp³-hybridized carbons (Fsp3) is 0.227. The predicted molar refractivity (Wildman–Crippen MR) is 108 cm³/mol. The smallest absolute Gasteiger partial charge is 0.258 e. The molecule has 5 nitrogen and oxygen atoms in total. The minimum absolute atomic E-state index is 0.198. The van der Waals surface area contributed by atoms with Gasteiger partial charge in [-0.3, -0.25) is 4.79 Å². The third kappa shape index (κ3) is 3.40. The molecule has 0 saturated heterocycles. The van der Waals surface area contributed by atoms with E-state index in [2.05, 4.69) is 46.2 Å². The second-order valence-electron chi connectivity index (χ2n) is 7.00. The van der Waals surface area contributed by atoms with E-state index in [1.165, 1.54) is 5.56 Å². The highest BCUT2D eigenvalue weighted by Gasteiger charge is 2.22. The average Bonchev–Trinajstić information content (AvgIpc) is 3.12. The minimum atomic E-state index is -0.198. The summed E-state index contributed by atoms with van der Waals surface area (Å²) < 4.78 is 0. The number of hydrogen-bond donors (Lipinski definition) is 1. The van der Waals surface area contributed by atoms with E-state index < -0.39 is 0 Å². The Morgan fingerprint density at radius 2 is 1.74 bits per heavy atom. The average molecular weight is 358 g/mol. The zero-order valence-electron chi connectivity index (χ0n) is 15.5. The molecule has 27 heavy (non-hydrogen) atoms. The van der Waals surface area contributed by atoms with Gasteiger partial charge in [0.05, 0.1) is 5.56 Å². The molecule has 0 radical (unpaired) electrons. The van der Waals surface area contributed by atoms with Gasteiger partial charge in [0.2, 0.25) is 5.95 Å². The first-order valence-electron chi connectivity index (χ1n) is 9.21. The van der Waals surface area contributed by atoms with Gasteiger partial charge in [-0.2, -0.15) is 0 Å². The van der Waals surface area contributed by atoms with Crippen LogP contribution in [0, 0.1) is 0 Å². The van der Waals surface area contributed by atoms with Crippen molar-refractivity contribution in [1.82, 2.24) is 9.97 Å². The van der Waals surface area contributed by atoms with Crippen LogP contribution in [0.3, 0.4) is 0 Å². The van der Waals surface area contributed by atoms with Crippen LogP contribution in [-0.4, -0.2) is 22.4 Å². The van der Waals surface area contributed by atoms with Gasteiger partial charge in [0, 0.05) is 30.3 Å². The Hall–Kier alpha value is -3.21. The molecule has 136 valence electrons. The molecule has 0 saturated carbocycles. The van der Waals surface area contributed by atoms with Gasteiger partial charge in [0.1, 0.15) is 0 Å². The number of rotatable bonds is 4. The van der Waals surface area contributed by atoms with Crippen molar-refractivity contribution in [2.75, 3.05) is 16.8 Å². The number of benzene rings is 2. The van der Waals surface area contributed by atoms with Crippen molar-refractivity contribution in [2.24, 2.45) is 0 Å². The van der Waals surface area contributed by atoms with Crippen LogP contribution in [0.4, 0.5) is 17.3 Å². The van der Waals surface area contributed by atoms with Crippen LogP contribution >= 0.6 is 0 Å². The van der Waals surface area contributed by atoms with Crippen LogP contribution in [0.2, 0.25) is 0 Å². The lowest BCUT2D eigenvalue weighted by molar-refractivity contribution is 0.102. The molecular weight excluding hydrogens is 336 g/mol. The quantitative estimate of drug-likeness (QED) is 0.743. The fourth-order valence-corrected chi connectivity index (χ4v) is 3.43. The Morgan fingerprint density at radius 1 is 1.04 bits per heavy atom. The minimum Gasteiger partial charge on any atom is -0.322 e. The van der Waals surface area contributed by atoms with Gasteiger partial charge in [0.15, 0.2) is 0 Å². The maximum Gasteiger partial charge on any atom is 0.258 e. The molecule has 2 aromatic carbocycles. The highest BCUT2D eigenvalue weighted by Crippen LogP contribution is 2.32. The highest BCUT2D eigenvalue weighted by atomic mass is 16.1. The Bertz CT molecular complexity index is 966. The fourth-order valence-electron chi connectivity index (χ4n) is 3.43. The van der Waals surface area contributed by atoms with Crippen molar-refractivity contribution >= 4 is 23.2 Å². The Labute approximate surface area is 159 Å². The number of anilines is 3. The lowest BCUT2D eigenvalue weighted by Crippen LogP contribution is -2.18. The second-order valence-corrected chi connectivity index (χ2v) is 7.00. The molecule has 3 aromatic rings. The summed E-state index contributed by atoms with van der Waals surface area (Å²) in [6, 6.07) is 16.1. The summed E-state index contributed by atoms with van der Waals surface area (Å²) in [5.74, 6) is 0.755. The predicted octanol–water partition coefficient (Wildman–Crippen LogP) is 4.55. The number of fused-ring (bicyclic) bond motifs is 1. The van der Waals surface area contributed by atoms with Gasteiger partial charge in [0.25, 0.3) is 5.91 Å². The molecule has 1 aliphatic heterocycles. The molecule has 0 atom stereocenters. The zero-order valence-corrected chi connectivity index (χ0v) is 15.5. The van der Waals surface area contributed by atoms with Gasteiger partial charge in [-0.1, -0.05) is 50.2 Å². The van der Waals surface area contributed by atoms with Gasteiger partial charge in [-0.05, 0) is 35.6 Å². The number of carbonyl (C=O) groups is 1. The second kappa shape index (κ2) is 7.19. The summed E-state index contributed by atoms with van der Waals surface area (Å²) in [6.07, 6.45) is 4.17. The van der Waals surface area contributed by atoms with Crippen LogP contribution in [0.25, 0.3) is 0 Å². The van der Waals surface area contributed by atoms with E-state index in [0.717, 1.165) is 29.9 Å². The molecule has 4 rings (SSSR count). The number of aromatic nitrogens is 2. The summed E-state index contributed by atoms with van der Waals surface area (Å²) in [7, 11) is 0. The van der Waals surface area contributed by atoms with Crippen molar-refractivity contribution in [2.45, 2.75) is 26.2 Å².